The zero-order chi connectivity index (χ0) is 15.2. The summed E-state index contributed by atoms with van der Waals surface area (Å²) >= 11 is 0. The minimum Gasteiger partial charge on any atom is -0.385 e. The Balaban J connectivity index is 2.12. The van der Waals surface area contributed by atoms with Crippen molar-refractivity contribution >= 4 is 11.6 Å². The van der Waals surface area contributed by atoms with E-state index in [1.165, 1.54) is 12.8 Å². The van der Waals surface area contributed by atoms with Crippen LogP contribution in [0, 0.1) is 6.92 Å². The first-order valence-electron chi connectivity index (χ1n) is 8.32. The molecule has 0 aromatic heterocycles. The van der Waals surface area contributed by atoms with Gasteiger partial charge in [-0.1, -0.05) is 19.8 Å². The number of carbonyl (C=O) groups is 1. The number of hydrogen-bond acceptors (Lipinski definition) is 2. The Kier molecular flexibility index (Phi) is 5.66. The van der Waals surface area contributed by atoms with E-state index in [2.05, 4.69) is 31.0 Å². The fourth-order valence-electron chi connectivity index (χ4n) is 3.20. The number of rotatable bonds is 6. The van der Waals surface area contributed by atoms with E-state index >= 15 is 0 Å². The molecule has 0 bridgehead atoms. The molecular weight excluding hydrogens is 260 g/mol. The van der Waals surface area contributed by atoms with Crippen molar-refractivity contribution in [2.75, 3.05) is 18.4 Å². The van der Waals surface area contributed by atoms with E-state index in [0.29, 0.717) is 6.04 Å². The van der Waals surface area contributed by atoms with Crippen molar-refractivity contribution in [3.8, 4) is 0 Å². The third-order valence-electron chi connectivity index (χ3n) is 4.41. The number of anilines is 1. The lowest BCUT2D eigenvalue weighted by molar-refractivity contribution is 0.0693. The molecule has 0 atom stereocenters. The molecule has 0 radical (unpaired) electrons. The quantitative estimate of drug-likeness (QED) is 0.850. The predicted octanol–water partition coefficient (Wildman–Crippen LogP) is 4.22. The number of benzene rings is 1. The maximum absolute atomic E-state index is 12.7. The molecule has 1 aliphatic carbocycles. The minimum atomic E-state index is 0.189. The van der Waals surface area contributed by atoms with Crippen molar-refractivity contribution in [1.29, 1.82) is 0 Å². The van der Waals surface area contributed by atoms with Gasteiger partial charge >= 0.3 is 0 Å². The minimum absolute atomic E-state index is 0.189. The van der Waals surface area contributed by atoms with Crippen LogP contribution in [0.1, 0.15) is 61.9 Å². The molecule has 1 aliphatic rings. The Labute approximate surface area is 128 Å². The third-order valence-corrected chi connectivity index (χ3v) is 4.41. The second kappa shape index (κ2) is 7.48. The van der Waals surface area contributed by atoms with Gasteiger partial charge in [-0.25, -0.2) is 0 Å². The van der Waals surface area contributed by atoms with Crippen LogP contribution in [0.25, 0.3) is 0 Å². The summed E-state index contributed by atoms with van der Waals surface area (Å²) in [5.74, 6) is 0.189. The van der Waals surface area contributed by atoms with Crippen LogP contribution in [0.3, 0.4) is 0 Å². The molecule has 0 aliphatic heterocycles. The van der Waals surface area contributed by atoms with Crippen LogP contribution in [0.5, 0.6) is 0 Å². The molecule has 1 aromatic carbocycles. The monoisotopic (exact) mass is 288 g/mol. The normalized spacial score (nSPS) is 15.2. The Morgan fingerprint density at radius 2 is 2.00 bits per heavy atom. The second-order valence-corrected chi connectivity index (χ2v) is 5.99. The van der Waals surface area contributed by atoms with E-state index < -0.39 is 0 Å². The smallest absolute Gasteiger partial charge is 0.254 e. The molecule has 1 N–H and O–H groups in total. The molecule has 3 nitrogen and oxygen atoms in total. The molecule has 116 valence electrons. The number of hydrogen-bond donors (Lipinski definition) is 1. The van der Waals surface area contributed by atoms with Crippen molar-refractivity contribution in [3.63, 3.8) is 0 Å². The standard InChI is InChI=1S/C18H28N2O/c1-4-12-19-17-11-10-15(13-14(17)3)18(21)20(5-2)16-8-6-7-9-16/h10-11,13,16,19H,4-9,12H2,1-3H3. The summed E-state index contributed by atoms with van der Waals surface area (Å²) in [4.78, 5) is 14.8. The molecular formula is C18H28N2O. The fraction of sp³-hybridized carbons (Fsp3) is 0.611. The number of nitrogens with zero attached hydrogens (tertiary/aromatic N) is 1. The van der Waals surface area contributed by atoms with Crippen LogP contribution in [0.4, 0.5) is 5.69 Å². The van der Waals surface area contributed by atoms with Crippen molar-refractivity contribution in [1.82, 2.24) is 4.90 Å². The van der Waals surface area contributed by atoms with Gasteiger partial charge in [-0.2, -0.15) is 0 Å². The number of nitrogens with one attached hydrogen (secondary N) is 1. The van der Waals surface area contributed by atoms with Crippen LogP contribution in [-0.2, 0) is 0 Å². The van der Waals surface area contributed by atoms with Crippen LogP contribution >= 0.6 is 0 Å². The SMILES string of the molecule is CCCNc1ccc(C(=O)N(CC)C2CCCC2)cc1C. The van der Waals surface area contributed by atoms with Crippen LogP contribution < -0.4 is 5.32 Å². The van der Waals surface area contributed by atoms with Gasteiger partial charge < -0.3 is 10.2 Å². The molecule has 3 heteroatoms. The highest BCUT2D eigenvalue weighted by Gasteiger charge is 2.26. The van der Waals surface area contributed by atoms with Gasteiger partial charge in [0.05, 0.1) is 0 Å². The van der Waals surface area contributed by atoms with Gasteiger partial charge in [-0.05, 0) is 56.9 Å². The number of carbonyl (C=O) groups excluding carboxylic acids is 1. The van der Waals surface area contributed by atoms with Crippen molar-refractivity contribution in [3.05, 3.63) is 29.3 Å². The molecule has 1 amide bonds. The highest BCUT2D eigenvalue weighted by Crippen LogP contribution is 2.25. The summed E-state index contributed by atoms with van der Waals surface area (Å²) in [5, 5.41) is 3.40. The van der Waals surface area contributed by atoms with E-state index in [1.54, 1.807) is 0 Å². The summed E-state index contributed by atoms with van der Waals surface area (Å²) in [6.45, 7) is 8.08. The molecule has 1 saturated carbocycles. The molecule has 0 heterocycles. The van der Waals surface area contributed by atoms with Gasteiger partial charge in [0, 0.05) is 30.4 Å². The van der Waals surface area contributed by atoms with E-state index in [0.717, 1.165) is 49.2 Å². The van der Waals surface area contributed by atoms with Crippen LogP contribution in [-0.4, -0.2) is 29.9 Å². The van der Waals surface area contributed by atoms with Crippen LogP contribution in [0.2, 0.25) is 0 Å². The third kappa shape index (κ3) is 3.78. The zero-order valence-electron chi connectivity index (χ0n) is 13.6. The van der Waals surface area contributed by atoms with E-state index in [4.69, 9.17) is 0 Å². The van der Waals surface area contributed by atoms with Gasteiger partial charge in [-0.15, -0.1) is 0 Å². The Morgan fingerprint density at radius 3 is 2.57 bits per heavy atom. The first-order valence-corrected chi connectivity index (χ1v) is 8.32. The fourth-order valence-corrected chi connectivity index (χ4v) is 3.20. The summed E-state index contributed by atoms with van der Waals surface area (Å²) in [6.07, 6.45) is 5.94. The molecule has 1 aromatic rings. The molecule has 0 unspecified atom stereocenters. The van der Waals surface area contributed by atoms with Gasteiger partial charge in [0.25, 0.3) is 5.91 Å². The lowest BCUT2D eigenvalue weighted by atomic mass is 10.1. The summed E-state index contributed by atoms with van der Waals surface area (Å²) in [6, 6.07) is 6.48. The first-order chi connectivity index (χ1) is 10.2. The average molecular weight is 288 g/mol. The molecule has 0 saturated heterocycles. The topological polar surface area (TPSA) is 32.3 Å². The summed E-state index contributed by atoms with van der Waals surface area (Å²) < 4.78 is 0. The second-order valence-electron chi connectivity index (χ2n) is 5.99. The molecule has 1 fully saturated rings. The number of amides is 1. The average Bonchev–Trinajstić information content (AvgIpc) is 3.00. The Hall–Kier alpha value is -1.51. The zero-order valence-corrected chi connectivity index (χ0v) is 13.6. The van der Waals surface area contributed by atoms with E-state index in [9.17, 15) is 4.79 Å². The molecule has 21 heavy (non-hydrogen) atoms. The lowest BCUT2D eigenvalue weighted by Gasteiger charge is -2.28. The highest BCUT2D eigenvalue weighted by molar-refractivity contribution is 5.95. The summed E-state index contributed by atoms with van der Waals surface area (Å²) in [7, 11) is 0. The van der Waals surface area contributed by atoms with Gasteiger partial charge in [-0.3, -0.25) is 4.79 Å². The largest absolute Gasteiger partial charge is 0.385 e. The predicted molar refractivity (Wildman–Crippen MR) is 88.9 cm³/mol. The lowest BCUT2D eigenvalue weighted by Crippen LogP contribution is -2.38. The van der Waals surface area contributed by atoms with Crippen molar-refractivity contribution in [2.24, 2.45) is 0 Å². The first kappa shape index (κ1) is 15.9. The van der Waals surface area contributed by atoms with Gasteiger partial charge in [0.2, 0.25) is 0 Å². The van der Waals surface area contributed by atoms with Crippen molar-refractivity contribution < 1.29 is 4.79 Å². The van der Waals surface area contributed by atoms with Crippen LogP contribution in [0.15, 0.2) is 18.2 Å². The highest BCUT2D eigenvalue weighted by atomic mass is 16.2. The van der Waals surface area contributed by atoms with E-state index in [-0.39, 0.29) is 5.91 Å². The molecule has 0 spiro atoms. The maximum atomic E-state index is 12.7. The van der Waals surface area contributed by atoms with Gasteiger partial charge in [0.1, 0.15) is 0 Å². The van der Waals surface area contributed by atoms with Gasteiger partial charge in [0.15, 0.2) is 0 Å². The number of aryl methyl sites for hydroxylation is 1. The molecule has 2 rings (SSSR count). The Bertz CT molecular complexity index is 478. The van der Waals surface area contributed by atoms with Crippen molar-refractivity contribution in [2.45, 2.75) is 58.9 Å². The Morgan fingerprint density at radius 1 is 1.29 bits per heavy atom. The van der Waals surface area contributed by atoms with E-state index in [1.807, 2.05) is 18.2 Å². The summed E-state index contributed by atoms with van der Waals surface area (Å²) in [5.41, 5.74) is 3.11. The maximum Gasteiger partial charge on any atom is 0.254 e.